The minimum absolute atomic E-state index is 0.0501. The van der Waals surface area contributed by atoms with Gasteiger partial charge in [0.05, 0.1) is 18.3 Å². The number of amides is 2. The molecule has 0 aliphatic carbocycles. The second-order valence-corrected chi connectivity index (χ2v) is 3.86. The van der Waals surface area contributed by atoms with Gasteiger partial charge in [-0.15, -0.1) is 0 Å². The summed E-state index contributed by atoms with van der Waals surface area (Å²) in [5.41, 5.74) is 0.291. The van der Waals surface area contributed by atoms with Gasteiger partial charge >= 0.3 is 0 Å². The molecule has 90 valence electrons. The monoisotopic (exact) mass is 235 g/mol. The van der Waals surface area contributed by atoms with Crippen LogP contribution in [-0.2, 0) is 4.79 Å². The molecule has 0 bridgehead atoms. The van der Waals surface area contributed by atoms with Crippen LogP contribution in [0.15, 0.2) is 18.5 Å². The lowest BCUT2D eigenvalue weighted by Gasteiger charge is -2.18. The van der Waals surface area contributed by atoms with E-state index < -0.39 is 0 Å². The van der Waals surface area contributed by atoms with Gasteiger partial charge in [-0.2, -0.15) is 0 Å². The molecule has 1 fully saturated rings. The molecule has 2 N–H and O–H groups in total. The van der Waals surface area contributed by atoms with Crippen LogP contribution < -0.4 is 5.32 Å². The third-order valence-corrected chi connectivity index (χ3v) is 2.52. The van der Waals surface area contributed by atoms with E-state index in [0.29, 0.717) is 18.7 Å². The molecule has 0 spiro atoms. The number of carbonyl (C=O) groups excluding carboxylic acids is 2. The smallest absolute Gasteiger partial charge is 0.256 e. The van der Waals surface area contributed by atoms with Crippen molar-refractivity contribution >= 4 is 11.8 Å². The zero-order chi connectivity index (χ0) is 12.3. The first kappa shape index (κ1) is 11.4. The van der Waals surface area contributed by atoms with Crippen molar-refractivity contribution in [2.24, 2.45) is 0 Å². The largest absolute Gasteiger partial charge is 0.506 e. The molecule has 0 atom stereocenters. The third kappa shape index (κ3) is 2.72. The van der Waals surface area contributed by atoms with Crippen LogP contribution >= 0.6 is 0 Å². The number of aromatic nitrogens is 1. The highest BCUT2D eigenvalue weighted by Gasteiger charge is 2.21. The highest BCUT2D eigenvalue weighted by molar-refractivity contribution is 5.96. The first-order valence-corrected chi connectivity index (χ1v) is 5.37. The standard InChI is InChI=1S/C11H13N3O3/c15-9-4-8(5-12-6-9)11(17)14-3-1-2-13-10(16)7-14/h4-6,15H,1-3,7H2,(H,13,16). The average molecular weight is 235 g/mol. The van der Waals surface area contributed by atoms with Crippen LogP contribution in [0.4, 0.5) is 0 Å². The molecule has 2 rings (SSSR count). The topological polar surface area (TPSA) is 82.5 Å². The Bertz CT molecular complexity index is 447. The Labute approximate surface area is 98.3 Å². The van der Waals surface area contributed by atoms with Crippen molar-refractivity contribution in [3.8, 4) is 5.75 Å². The minimum atomic E-state index is -0.287. The average Bonchev–Trinajstić information content (AvgIpc) is 2.53. The van der Waals surface area contributed by atoms with Crippen molar-refractivity contribution < 1.29 is 14.7 Å². The molecule has 6 nitrogen and oxygen atoms in total. The molecule has 1 aliphatic heterocycles. The van der Waals surface area contributed by atoms with Crippen molar-refractivity contribution in [2.75, 3.05) is 19.6 Å². The van der Waals surface area contributed by atoms with Crippen LogP contribution in [0.25, 0.3) is 0 Å². The van der Waals surface area contributed by atoms with Gasteiger partial charge in [0, 0.05) is 19.3 Å². The van der Waals surface area contributed by atoms with E-state index >= 15 is 0 Å². The number of rotatable bonds is 1. The maximum absolute atomic E-state index is 12.0. The quantitative estimate of drug-likeness (QED) is 0.703. The zero-order valence-electron chi connectivity index (χ0n) is 9.22. The second-order valence-electron chi connectivity index (χ2n) is 3.86. The Kier molecular flexibility index (Phi) is 3.22. The van der Waals surface area contributed by atoms with E-state index in [9.17, 15) is 14.7 Å². The summed E-state index contributed by atoms with van der Waals surface area (Å²) in [5, 5.41) is 11.9. The minimum Gasteiger partial charge on any atom is -0.506 e. The van der Waals surface area contributed by atoms with Gasteiger partial charge in [0.1, 0.15) is 5.75 Å². The number of hydrogen-bond acceptors (Lipinski definition) is 4. The molecule has 1 aliphatic rings. The molecule has 0 saturated carbocycles. The first-order valence-electron chi connectivity index (χ1n) is 5.37. The number of nitrogens with zero attached hydrogens (tertiary/aromatic N) is 2. The van der Waals surface area contributed by atoms with Gasteiger partial charge in [-0.3, -0.25) is 14.6 Å². The van der Waals surface area contributed by atoms with Crippen molar-refractivity contribution in [2.45, 2.75) is 6.42 Å². The molecular formula is C11H13N3O3. The lowest BCUT2D eigenvalue weighted by atomic mass is 10.2. The number of aromatic hydroxyl groups is 1. The zero-order valence-corrected chi connectivity index (χ0v) is 9.22. The van der Waals surface area contributed by atoms with Gasteiger partial charge in [0.25, 0.3) is 5.91 Å². The van der Waals surface area contributed by atoms with Crippen molar-refractivity contribution in [1.82, 2.24) is 15.2 Å². The second kappa shape index (κ2) is 4.82. The lowest BCUT2D eigenvalue weighted by Crippen LogP contribution is -2.37. The van der Waals surface area contributed by atoms with E-state index in [4.69, 9.17) is 0 Å². The van der Waals surface area contributed by atoms with Crippen LogP contribution in [0.1, 0.15) is 16.8 Å². The molecule has 0 aromatic carbocycles. The Balaban J connectivity index is 2.16. The summed E-state index contributed by atoms with van der Waals surface area (Å²) in [7, 11) is 0. The predicted molar refractivity (Wildman–Crippen MR) is 59.4 cm³/mol. The molecule has 2 heterocycles. The molecule has 1 aromatic rings. The summed E-state index contributed by atoms with van der Waals surface area (Å²) >= 11 is 0. The SMILES string of the molecule is O=C1CN(C(=O)c2cncc(O)c2)CCCN1. The molecule has 6 heteroatoms. The first-order chi connectivity index (χ1) is 8.16. The highest BCUT2D eigenvalue weighted by Crippen LogP contribution is 2.11. The van der Waals surface area contributed by atoms with Crippen LogP contribution in [0.5, 0.6) is 5.75 Å². The lowest BCUT2D eigenvalue weighted by molar-refractivity contribution is -0.121. The van der Waals surface area contributed by atoms with Gasteiger partial charge in [-0.25, -0.2) is 0 Å². The normalized spacial score (nSPS) is 16.2. The summed E-state index contributed by atoms with van der Waals surface area (Å²) in [4.78, 5) is 28.6. The van der Waals surface area contributed by atoms with E-state index in [1.54, 1.807) is 0 Å². The van der Waals surface area contributed by atoms with Gasteiger partial charge in [-0.1, -0.05) is 0 Å². The summed E-state index contributed by atoms with van der Waals surface area (Å²) in [6.45, 7) is 1.16. The summed E-state index contributed by atoms with van der Waals surface area (Å²) in [6.07, 6.45) is 3.36. The number of hydrogen-bond donors (Lipinski definition) is 2. The van der Waals surface area contributed by atoms with Crippen molar-refractivity contribution in [3.05, 3.63) is 24.0 Å². The molecule has 17 heavy (non-hydrogen) atoms. The summed E-state index contributed by atoms with van der Waals surface area (Å²) < 4.78 is 0. The van der Waals surface area contributed by atoms with Crippen LogP contribution in [-0.4, -0.2) is 46.4 Å². The third-order valence-electron chi connectivity index (χ3n) is 2.52. The molecule has 2 amide bonds. The van der Waals surface area contributed by atoms with E-state index in [1.807, 2.05) is 0 Å². The van der Waals surface area contributed by atoms with Crippen molar-refractivity contribution in [3.63, 3.8) is 0 Å². The Morgan fingerprint density at radius 1 is 1.47 bits per heavy atom. The maximum Gasteiger partial charge on any atom is 0.256 e. The van der Waals surface area contributed by atoms with Gasteiger partial charge < -0.3 is 15.3 Å². The highest BCUT2D eigenvalue weighted by atomic mass is 16.3. The van der Waals surface area contributed by atoms with Crippen LogP contribution in [0.3, 0.4) is 0 Å². The Morgan fingerprint density at radius 3 is 3.06 bits per heavy atom. The number of pyridine rings is 1. The Hall–Kier alpha value is -2.11. The van der Waals surface area contributed by atoms with Gasteiger partial charge in [0.2, 0.25) is 5.91 Å². The fraction of sp³-hybridized carbons (Fsp3) is 0.364. The molecular weight excluding hydrogens is 222 g/mol. The predicted octanol–water partition coefficient (Wildman–Crippen LogP) is -0.251. The van der Waals surface area contributed by atoms with E-state index in [0.717, 1.165) is 6.42 Å². The molecule has 0 radical (unpaired) electrons. The summed E-state index contributed by atoms with van der Waals surface area (Å²) in [6, 6.07) is 1.35. The van der Waals surface area contributed by atoms with E-state index in [1.165, 1.54) is 23.4 Å². The fourth-order valence-corrected chi connectivity index (χ4v) is 1.71. The van der Waals surface area contributed by atoms with Gasteiger partial charge in [0.15, 0.2) is 0 Å². The maximum atomic E-state index is 12.0. The summed E-state index contributed by atoms with van der Waals surface area (Å²) in [5.74, 6) is -0.510. The van der Waals surface area contributed by atoms with Crippen LogP contribution in [0, 0.1) is 0 Å². The molecule has 0 unspecified atom stereocenters. The van der Waals surface area contributed by atoms with Crippen molar-refractivity contribution in [1.29, 1.82) is 0 Å². The Morgan fingerprint density at radius 2 is 2.29 bits per heavy atom. The molecule has 1 aromatic heterocycles. The molecule has 1 saturated heterocycles. The van der Waals surface area contributed by atoms with Crippen LogP contribution in [0.2, 0.25) is 0 Å². The number of carbonyl (C=O) groups is 2. The fourth-order valence-electron chi connectivity index (χ4n) is 1.71. The van der Waals surface area contributed by atoms with Gasteiger partial charge in [-0.05, 0) is 12.5 Å². The van der Waals surface area contributed by atoms with E-state index in [2.05, 4.69) is 10.3 Å². The number of nitrogens with one attached hydrogen (secondary N) is 1. The van der Waals surface area contributed by atoms with E-state index in [-0.39, 0.29) is 24.1 Å².